The molecule has 0 saturated carbocycles. The van der Waals surface area contributed by atoms with Crippen molar-refractivity contribution in [3.8, 4) is 0 Å². The van der Waals surface area contributed by atoms with Gasteiger partial charge in [-0.3, -0.25) is 0 Å². The van der Waals surface area contributed by atoms with Crippen LogP contribution in [0, 0.1) is 0 Å². The smallest absolute Gasteiger partial charge is 0.244 e. The summed E-state index contributed by atoms with van der Waals surface area (Å²) in [6, 6.07) is 0.330. The summed E-state index contributed by atoms with van der Waals surface area (Å²) in [6.07, 6.45) is 6.91. The summed E-state index contributed by atoms with van der Waals surface area (Å²) in [7, 11) is 0. The van der Waals surface area contributed by atoms with Gasteiger partial charge in [0, 0.05) is 19.1 Å². The number of nitrogens with zero attached hydrogens (tertiary/aromatic N) is 4. The van der Waals surface area contributed by atoms with Gasteiger partial charge in [-0.1, -0.05) is 12.8 Å². The van der Waals surface area contributed by atoms with Gasteiger partial charge < -0.3 is 10.2 Å². The maximum absolute atomic E-state index is 4.52. The molecule has 1 N–H and O–H groups in total. The fraction of sp³-hybridized carbons (Fsp3) is 0.750. The first kappa shape index (κ1) is 12.1. The van der Waals surface area contributed by atoms with E-state index >= 15 is 0 Å². The van der Waals surface area contributed by atoms with Gasteiger partial charge in [-0.25, -0.2) is 0 Å². The van der Waals surface area contributed by atoms with Crippen molar-refractivity contribution in [1.82, 2.24) is 15.2 Å². The third kappa shape index (κ3) is 3.54. The summed E-state index contributed by atoms with van der Waals surface area (Å²) >= 11 is 0. The van der Waals surface area contributed by atoms with Gasteiger partial charge in [-0.05, 0) is 26.7 Å². The number of hydrogen-bond donors (Lipinski definition) is 1. The molecule has 0 aliphatic carbocycles. The Balaban J connectivity index is 2.08. The molecule has 2 heterocycles. The zero-order valence-corrected chi connectivity index (χ0v) is 10.7. The van der Waals surface area contributed by atoms with E-state index in [1.807, 2.05) is 0 Å². The SMILES string of the molecule is CC(C)Nc1nncc(N2CCCCCC2)n1. The van der Waals surface area contributed by atoms with E-state index in [9.17, 15) is 0 Å². The van der Waals surface area contributed by atoms with E-state index in [2.05, 4.69) is 39.2 Å². The summed E-state index contributed by atoms with van der Waals surface area (Å²) in [5, 5.41) is 11.2. The number of aromatic nitrogens is 3. The molecule has 1 fully saturated rings. The van der Waals surface area contributed by atoms with Gasteiger partial charge in [-0.15, -0.1) is 5.10 Å². The summed E-state index contributed by atoms with van der Waals surface area (Å²) in [4.78, 5) is 6.83. The molecule has 1 saturated heterocycles. The molecule has 0 bridgehead atoms. The molecular weight excluding hydrogens is 214 g/mol. The van der Waals surface area contributed by atoms with Crippen molar-refractivity contribution in [3.63, 3.8) is 0 Å². The van der Waals surface area contributed by atoms with Crippen molar-refractivity contribution in [2.45, 2.75) is 45.6 Å². The minimum absolute atomic E-state index is 0.330. The number of rotatable bonds is 3. The Kier molecular flexibility index (Phi) is 4.12. The fourth-order valence-electron chi connectivity index (χ4n) is 2.07. The molecule has 17 heavy (non-hydrogen) atoms. The highest BCUT2D eigenvalue weighted by Crippen LogP contribution is 2.17. The normalized spacial score (nSPS) is 17.0. The minimum atomic E-state index is 0.330. The van der Waals surface area contributed by atoms with E-state index in [-0.39, 0.29) is 0 Å². The number of hydrogen-bond acceptors (Lipinski definition) is 5. The van der Waals surface area contributed by atoms with Crippen LogP contribution >= 0.6 is 0 Å². The van der Waals surface area contributed by atoms with Crippen LogP contribution < -0.4 is 10.2 Å². The van der Waals surface area contributed by atoms with Crippen LogP contribution in [0.1, 0.15) is 39.5 Å². The molecule has 2 rings (SSSR count). The molecule has 0 amide bonds. The van der Waals surface area contributed by atoms with Crippen molar-refractivity contribution < 1.29 is 0 Å². The van der Waals surface area contributed by atoms with E-state index in [1.165, 1.54) is 25.7 Å². The van der Waals surface area contributed by atoms with E-state index in [4.69, 9.17) is 0 Å². The minimum Gasteiger partial charge on any atom is -0.355 e. The van der Waals surface area contributed by atoms with Crippen LogP contribution in [0.5, 0.6) is 0 Å². The van der Waals surface area contributed by atoms with Crippen molar-refractivity contribution in [1.29, 1.82) is 0 Å². The van der Waals surface area contributed by atoms with Crippen LogP contribution in [-0.4, -0.2) is 34.3 Å². The van der Waals surface area contributed by atoms with Gasteiger partial charge in [0.05, 0.1) is 6.20 Å². The monoisotopic (exact) mass is 235 g/mol. The predicted octanol–water partition coefficient (Wildman–Crippen LogP) is 2.07. The molecular formula is C12H21N5. The Hall–Kier alpha value is -1.39. The zero-order chi connectivity index (χ0) is 12.1. The highest BCUT2D eigenvalue weighted by Gasteiger charge is 2.12. The first-order chi connectivity index (χ1) is 8.25. The lowest BCUT2D eigenvalue weighted by atomic mass is 10.2. The van der Waals surface area contributed by atoms with E-state index in [0.29, 0.717) is 12.0 Å². The quantitative estimate of drug-likeness (QED) is 0.869. The fourth-order valence-corrected chi connectivity index (χ4v) is 2.07. The maximum Gasteiger partial charge on any atom is 0.244 e. The van der Waals surface area contributed by atoms with Gasteiger partial charge in [0.25, 0.3) is 0 Å². The zero-order valence-electron chi connectivity index (χ0n) is 10.7. The molecule has 5 nitrogen and oxygen atoms in total. The van der Waals surface area contributed by atoms with Gasteiger partial charge >= 0.3 is 0 Å². The van der Waals surface area contributed by atoms with E-state index < -0.39 is 0 Å². The third-order valence-corrected chi connectivity index (χ3v) is 2.89. The van der Waals surface area contributed by atoms with Crippen LogP contribution in [0.25, 0.3) is 0 Å². The average molecular weight is 235 g/mol. The Morgan fingerprint density at radius 3 is 2.53 bits per heavy atom. The Bertz CT molecular complexity index is 345. The van der Waals surface area contributed by atoms with Crippen LogP contribution in [-0.2, 0) is 0 Å². The summed E-state index contributed by atoms with van der Waals surface area (Å²) in [5.74, 6) is 1.58. The lowest BCUT2D eigenvalue weighted by molar-refractivity contribution is 0.726. The summed E-state index contributed by atoms with van der Waals surface area (Å²) in [6.45, 7) is 6.31. The molecule has 0 atom stereocenters. The molecule has 5 heteroatoms. The van der Waals surface area contributed by atoms with Crippen LogP contribution in [0.15, 0.2) is 6.20 Å². The van der Waals surface area contributed by atoms with Gasteiger partial charge in [-0.2, -0.15) is 10.1 Å². The van der Waals surface area contributed by atoms with Gasteiger partial charge in [0.2, 0.25) is 5.95 Å². The third-order valence-electron chi connectivity index (χ3n) is 2.89. The lowest BCUT2D eigenvalue weighted by Crippen LogP contribution is -2.26. The highest BCUT2D eigenvalue weighted by atomic mass is 15.3. The van der Waals surface area contributed by atoms with Crippen LogP contribution in [0.4, 0.5) is 11.8 Å². The second kappa shape index (κ2) is 5.80. The molecule has 0 spiro atoms. The van der Waals surface area contributed by atoms with Gasteiger partial charge in [0.1, 0.15) is 0 Å². The van der Waals surface area contributed by atoms with Crippen LogP contribution in [0.3, 0.4) is 0 Å². The molecule has 0 unspecified atom stereocenters. The largest absolute Gasteiger partial charge is 0.355 e. The molecule has 1 aromatic rings. The van der Waals surface area contributed by atoms with Crippen molar-refractivity contribution in [3.05, 3.63) is 6.20 Å². The highest BCUT2D eigenvalue weighted by molar-refractivity contribution is 5.40. The standard InChI is InChI=1S/C12H21N5/c1-10(2)14-12-15-11(9-13-16-12)17-7-5-3-4-6-8-17/h9-10H,3-8H2,1-2H3,(H,14,15,16). The Labute approximate surface area is 103 Å². The Morgan fingerprint density at radius 2 is 1.88 bits per heavy atom. The van der Waals surface area contributed by atoms with Crippen molar-refractivity contribution in [2.24, 2.45) is 0 Å². The van der Waals surface area contributed by atoms with Crippen molar-refractivity contribution in [2.75, 3.05) is 23.3 Å². The Morgan fingerprint density at radius 1 is 1.18 bits per heavy atom. The number of nitrogens with one attached hydrogen (secondary N) is 1. The number of anilines is 2. The summed E-state index contributed by atoms with van der Waals surface area (Å²) in [5.41, 5.74) is 0. The topological polar surface area (TPSA) is 53.9 Å². The molecule has 1 aliphatic heterocycles. The van der Waals surface area contributed by atoms with E-state index in [1.54, 1.807) is 6.20 Å². The van der Waals surface area contributed by atoms with Gasteiger partial charge in [0.15, 0.2) is 5.82 Å². The molecule has 1 aromatic heterocycles. The first-order valence-corrected chi connectivity index (χ1v) is 6.47. The van der Waals surface area contributed by atoms with E-state index in [0.717, 1.165) is 18.9 Å². The van der Waals surface area contributed by atoms with Crippen molar-refractivity contribution >= 4 is 11.8 Å². The predicted molar refractivity (Wildman–Crippen MR) is 69.3 cm³/mol. The second-order valence-electron chi connectivity index (χ2n) is 4.84. The molecule has 1 aliphatic rings. The van der Waals surface area contributed by atoms with Crippen LogP contribution in [0.2, 0.25) is 0 Å². The summed E-state index contributed by atoms with van der Waals surface area (Å²) < 4.78 is 0. The average Bonchev–Trinajstić information content (AvgIpc) is 2.57. The second-order valence-corrected chi connectivity index (χ2v) is 4.84. The molecule has 0 aromatic carbocycles. The maximum atomic E-state index is 4.52. The lowest BCUT2D eigenvalue weighted by Gasteiger charge is -2.21. The molecule has 94 valence electrons. The first-order valence-electron chi connectivity index (χ1n) is 6.47. The molecule has 0 radical (unpaired) electrons.